The van der Waals surface area contributed by atoms with Crippen molar-refractivity contribution < 1.29 is 23.7 Å². The lowest BCUT2D eigenvalue weighted by Crippen LogP contribution is -2.13. The molecule has 0 aliphatic rings. The minimum atomic E-state index is 0.602. The molecule has 0 spiro atoms. The predicted octanol–water partition coefficient (Wildman–Crippen LogP) is 2.67. The van der Waals surface area contributed by atoms with Crippen molar-refractivity contribution in [3.63, 3.8) is 0 Å². The van der Waals surface area contributed by atoms with Crippen molar-refractivity contribution in [3.8, 4) is 0 Å². The van der Waals surface area contributed by atoms with Gasteiger partial charge in [-0.05, 0) is 12.8 Å². The molecule has 5 heteroatoms. The number of hydrogen-bond donors (Lipinski definition) is 0. The van der Waals surface area contributed by atoms with E-state index >= 15 is 0 Å². The molecule has 0 N–H and O–H groups in total. The Kier molecular flexibility index (Phi) is 19.6. The van der Waals surface area contributed by atoms with Crippen molar-refractivity contribution in [2.45, 2.75) is 39.5 Å². The van der Waals surface area contributed by atoms with E-state index in [2.05, 4.69) is 13.8 Å². The topological polar surface area (TPSA) is 46.2 Å². The van der Waals surface area contributed by atoms with Gasteiger partial charge < -0.3 is 23.7 Å². The van der Waals surface area contributed by atoms with Crippen molar-refractivity contribution >= 4 is 0 Å². The molecule has 0 fully saturated rings. The average Bonchev–Trinajstić information content (AvgIpc) is 2.50. The molecule has 0 saturated heterocycles. The van der Waals surface area contributed by atoms with Gasteiger partial charge in [-0.15, -0.1) is 0 Å². The van der Waals surface area contributed by atoms with Gasteiger partial charge in [0, 0.05) is 13.2 Å². The summed E-state index contributed by atoms with van der Waals surface area (Å²) >= 11 is 0. The summed E-state index contributed by atoms with van der Waals surface area (Å²) in [7, 11) is 0. The molecular formula is C16H34O5. The Bertz CT molecular complexity index is 160. The van der Waals surface area contributed by atoms with E-state index < -0.39 is 0 Å². The summed E-state index contributed by atoms with van der Waals surface area (Å²) < 4.78 is 26.9. The standard InChI is InChI=1S/C16H34O5/c1-3-5-6-8-18-10-12-20-14-16-21-15-13-19-11-9-17-7-4-2/h3-16H2,1-2H3. The van der Waals surface area contributed by atoms with E-state index in [-0.39, 0.29) is 0 Å². The maximum Gasteiger partial charge on any atom is 0.0701 e. The zero-order valence-electron chi connectivity index (χ0n) is 13.9. The first-order valence-electron chi connectivity index (χ1n) is 8.30. The quantitative estimate of drug-likeness (QED) is 0.364. The molecule has 21 heavy (non-hydrogen) atoms. The Morgan fingerprint density at radius 2 is 0.762 bits per heavy atom. The molecule has 0 amide bonds. The van der Waals surface area contributed by atoms with Crippen molar-refractivity contribution in [2.75, 3.05) is 66.1 Å². The maximum atomic E-state index is 5.44. The van der Waals surface area contributed by atoms with E-state index in [4.69, 9.17) is 23.7 Å². The zero-order chi connectivity index (χ0) is 15.4. The van der Waals surface area contributed by atoms with Gasteiger partial charge in [-0.25, -0.2) is 0 Å². The van der Waals surface area contributed by atoms with Crippen molar-refractivity contribution in [1.82, 2.24) is 0 Å². The molecule has 0 heterocycles. The summed E-state index contributed by atoms with van der Waals surface area (Å²) in [5, 5.41) is 0. The highest BCUT2D eigenvalue weighted by atomic mass is 16.6. The van der Waals surface area contributed by atoms with Gasteiger partial charge in [0.2, 0.25) is 0 Å². The zero-order valence-corrected chi connectivity index (χ0v) is 13.9. The van der Waals surface area contributed by atoms with Gasteiger partial charge in [-0.2, -0.15) is 0 Å². The molecule has 128 valence electrons. The first kappa shape index (κ1) is 20.8. The molecule has 0 radical (unpaired) electrons. The van der Waals surface area contributed by atoms with Crippen molar-refractivity contribution in [1.29, 1.82) is 0 Å². The first-order valence-corrected chi connectivity index (χ1v) is 8.30. The lowest BCUT2D eigenvalue weighted by Gasteiger charge is -2.07. The molecule has 5 nitrogen and oxygen atoms in total. The van der Waals surface area contributed by atoms with E-state index in [1.807, 2.05) is 0 Å². The third-order valence-electron chi connectivity index (χ3n) is 2.73. The highest BCUT2D eigenvalue weighted by Crippen LogP contribution is 1.93. The molecule has 0 aromatic heterocycles. The highest BCUT2D eigenvalue weighted by molar-refractivity contribution is 4.38. The number of hydrogen-bond acceptors (Lipinski definition) is 5. The third-order valence-corrected chi connectivity index (χ3v) is 2.73. The fraction of sp³-hybridized carbons (Fsp3) is 1.00. The molecule has 0 aromatic rings. The Morgan fingerprint density at radius 1 is 0.381 bits per heavy atom. The Hall–Kier alpha value is -0.200. The van der Waals surface area contributed by atoms with Crippen LogP contribution in [-0.2, 0) is 23.7 Å². The van der Waals surface area contributed by atoms with Crippen LogP contribution < -0.4 is 0 Å². The van der Waals surface area contributed by atoms with Gasteiger partial charge in [0.05, 0.1) is 52.9 Å². The van der Waals surface area contributed by atoms with Crippen LogP contribution in [0.3, 0.4) is 0 Å². The molecular weight excluding hydrogens is 272 g/mol. The lowest BCUT2D eigenvalue weighted by atomic mass is 10.3. The van der Waals surface area contributed by atoms with Crippen LogP contribution in [0, 0.1) is 0 Å². The second kappa shape index (κ2) is 19.8. The Labute approximate surface area is 130 Å². The molecule has 0 aliphatic carbocycles. The van der Waals surface area contributed by atoms with Crippen LogP contribution in [0.25, 0.3) is 0 Å². The monoisotopic (exact) mass is 306 g/mol. The highest BCUT2D eigenvalue weighted by Gasteiger charge is 1.93. The summed E-state index contributed by atoms with van der Waals surface area (Å²) in [4.78, 5) is 0. The van der Waals surface area contributed by atoms with Crippen LogP contribution >= 0.6 is 0 Å². The molecule has 0 unspecified atom stereocenters. The number of ether oxygens (including phenoxy) is 5. The largest absolute Gasteiger partial charge is 0.379 e. The maximum absolute atomic E-state index is 5.44. The van der Waals surface area contributed by atoms with E-state index in [9.17, 15) is 0 Å². The van der Waals surface area contributed by atoms with E-state index in [0.717, 1.165) is 26.1 Å². The van der Waals surface area contributed by atoms with Gasteiger partial charge >= 0.3 is 0 Å². The smallest absolute Gasteiger partial charge is 0.0701 e. The van der Waals surface area contributed by atoms with E-state index in [0.29, 0.717) is 52.9 Å². The second-order valence-corrected chi connectivity index (χ2v) is 4.77. The summed E-state index contributed by atoms with van der Waals surface area (Å²) in [6.07, 6.45) is 4.66. The third kappa shape index (κ3) is 19.8. The van der Waals surface area contributed by atoms with Gasteiger partial charge in [0.25, 0.3) is 0 Å². The second-order valence-electron chi connectivity index (χ2n) is 4.77. The molecule has 0 aromatic carbocycles. The van der Waals surface area contributed by atoms with Crippen molar-refractivity contribution in [2.24, 2.45) is 0 Å². The first-order chi connectivity index (χ1) is 10.4. The Morgan fingerprint density at radius 3 is 1.14 bits per heavy atom. The van der Waals surface area contributed by atoms with Crippen molar-refractivity contribution in [3.05, 3.63) is 0 Å². The minimum absolute atomic E-state index is 0.602. The molecule has 0 bridgehead atoms. The molecule has 0 aliphatic heterocycles. The molecule has 0 atom stereocenters. The SMILES string of the molecule is CCCCCOCCOCCOCCOCCOCCC. The normalized spacial score (nSPS) is 11.1. The fourth-order valence-electron chi connectivity index (χ4n) is 1.58. The minimum Gasteiger partial charge on any atom is -0.379 e. The van der Waals surface area contributed by atoms with E-state index in [1.165, 1.54) is 12.8 Å². The number of unbranched alkanes of at least 4 members (excludes halogenated alkanes) is 2. The van der Waals surface area contributed by atoms with Crippen LogP contribution in [0.1, 0.15) is 39.5 Å². The summed E-state index contributed by atoms with van der Waals surface area (Å²) in [6, 6.07) is 0. The van der Waals surface area contributed by atoms with Crippen LogP contribution in [0.2, 0.25) is 0 Å². The van der Waals surface area contributed by atoms with Crippen LogP contribution in [0.4, 0.5) is 0 Å². The van der Waals surface area contributed by atoms with Gasteiger partial charge in [-0.1, -0.05) is 26.7 Å². The summed E-state index contributed by atoms with van der Waals surface area (Å²) in [6.45, 7) is 11.0. The molecule has 0 saturated carbocycles. The predicted molar refractivity (Wildman–Crippen MR) is 83.9 cm³/mol. The van der Waals surface area contributed by atoms with Crippen LogP contribution in [-0.4, -0.2) is 66.1 Å². The van der Waals surface area contributed by atoms with Crippen LogP contribution in [0.5, 0.6) is 0 Å². The lowest BCUT2D eigenvalue weighted by molar-refractivity contribution is -0.0111. The molecule has 0 rings (SSSR count). The van der Waals surface area contributed by atoms with Crippen LogP contribution in [0.15, 0.2) is 0 Å². The van der Waals surface area contributed by atoms with Gasteiger partial charge in [-0.3, -0.25) is 0 Å². The van der Waals surface area contributed by atoms with E-state index in [1.54, 1.807) is 0 Å². The Balaban J connectivity index is 2.90. The fourth-order valence-corrected chi connectivity index (χ4v) is 1.58. The summed E-state index contributed by atoms with van der Waals surface area (Å²) in [5.74, 6) is 0. The summed E-state index contributed by atoms with van der Waals surface area (Å²) in [5.41, 5.74) is 0. The van der Waals surface area contributed by atoms with Gasteiger partial charge in [0.15, 0.2) is 0 Å². The number of rotatable bonds is 18. The average molecular weight is 306 g/mol. The van der Waals surface area contributed by atoms with Gasteiger partial charge in [0.1, 0.15) is 0 Å².